The number of carbonyl (C=O) groups excluding carboxylic acids is 2. The van der Waals surface area contributed by atoms with Gasteiger partial charge >= 0.3 is 0 Å². The van der Waals surface area contributed by atoms with Crippen molar-refractivity contribution < 1.29 is 23.8 Å². The summed E-state index contributed by atoms with van der Waals surface area (Å²) in [5, 5.41) is 0.559. The van der Waals surface area contributed by atoms with Gasteiger partial charge in [-0.1, -0.05) is 17.7 Å². The van der Waals surface area contributed by atoms with Gasteiger partial charge in [0.2, 0.25) is 5.91 Å². The van der Waals surface area contributed by atoms with E-state index in [1.165, 1.54) is 0 Å². The van der Waals surface area contributed by atoms with Gasteiger partial charge in [-0.05, 0) is 42.5 Å². The molecule has 0 N–H and O–H groups in total. The highest BCUT2D eigenvalue weighted by molar-refractivity contribution is 6.30. The summed E-state index contributed by atoms with van der Waals surface area (Å²) in [5.41, 5.74) is 0.639. The van der Waals surface area contributed by atoms with E-state index in [4.69, 9.17) is 25.8 Å². The average molecular weight is 502 g/mol. The highest BCUT2D eigenvalue weighted by atomic mass is 35.5. The Morgan fingerprint density at radius 1 is 1.03 bits per heavy atom. The van der Waals surface area contributed by atoms with Gasteiger partial charge in [0, 0.05) is 50.0 Å². The van der Waals surface area contributed by atoms with Crippen molar-refractivity contribution in [1.29, 1.82) is 0 Å². The van der Waals surface area contributed by atoms with Crippen LogP contribution in [-0.2, 0) is 14.3 Å². The van der Waals surface area contributed by atoms with Crippen molar-refractivity contribution in [3.05, 3.63) is 59.1 Å². The summed E-state index contributed by atoms with van der Waals surface area (Å²) in [6, 6.07) is 14.6. The SMILES string of the molecule is CN(C)c1ccc(C(=O)N2CCO[C@](COc3cccc(Cl)c3)(CC(=O)N3CCOCC3)C2)cc1. The normalized spacial score (nSPS) is 20.4. The fraction of sp³-hybridized carbons (Fsp3) is 0.462. The van der Waals surface area contributed by atoms with Gasteiger partial charge < -0.3 is 28.9 Å². The Balaban J connectivity index is 1.52. The Kier molecular flexibility index (Phi) is 8.15. The number of hydrogen-bond acceptors (Lipinski definition) is 6. The molecule has 2 aliphatic heterocycles. The molecule has 8 nitrogen and oxygen atoms in total. The third-order valence-electron chi connectivity index (χ3n) is 6.30. The second kappa shape index (κ2) is 11.3. The number of halogens is 1. The lowest BCUT2D eigenvalue weighted by Gasteiger charge is -2.43. The number of nitrogens with zero attached hydrogens (tertiary/aromatic N) is 3. The van der Waals surface area contributed by atoms with Crippen LogP contribution in [0.15, 0.2) is 48.5 Å². The van der Waals surface area contributed by atoms with Crippen molar-refractivity contribution in [1.82, 2.24) is 9.80 Å². The second-order valence-electron chi connectivity index (χ2n) is 9.12. The number of rotatable bonds is 7. The lowest BCUT2D eigenvalue weighted by molar-refractivity contribution is -0.155. The van der Waals surface area contributed by atoms with Crippen molar-refractivity contribution >= 4 is 29.1 Å². The molecular formula is C26H32ClN3O5. The summed E-state index contributed by atoms with van der Waals surface area (Å²) in [6.45, 7) is 3.26. The molecule has 0 aliphatic carbocycles. The first-order valence-electron chi connectivity index (χ1n) is 11.8. The van der Waals surface area contributed by atoms with Gasteiger partial charge in [-0.2, -0.15) is 0 Å². The van der Waals surface area contributed by atoms with E-state index in [1.54, 1.807) is 34.1 Å². The number of anilines is 1. The van der Waals surface area contributed by atoms with E-state index in [-0.39, 0.29) is 31.4 Å². The van der Waals surface area contributed by atoms with Crippen molar-refractivity contribution in [3.8, 4) is 5.75 Å². The third kappa shape index (κ3) is 6.45. The van der Waals surface area contributed by atoms with Crippen LogP contribution in [0, 0.1) is 0 Å². The molecule has 0 bridgehead atoms. The number of benzene rings is 2. The molecule has 0 aromatic heterocycles. The predicted molar refractivity (Wildman–Crippen MR) is 134 cm³/mol. The summed E-state index contributed by atoms with van der Waals surface area (Å²) in [5.74, 6) is 0.458. The van der Waals surface area contributed by atoms with Crippen LogP contribution in [0.25, 0.3) is 0 Å². The number of carbonyl (C=O) groups is 2. The quantitative estimate of drug-likeness (QED) is 0.581. The summed E-state index contributed by atoms with van der Waals surface area (Å²) in [7, 11) is 3.91. The zero-order valence-electron chi connectivity index (χ0n) is 20.2. The molecule has 35 heavy (non-hydrogen) atoms. The van der Waals surface area contributed by atoms with Gasteiger partial charge in [0.15, 0.2) is 0 Å². The van der Waals surface area contributed by atoms with Crippen molar-refractivity contribution in [2.24, 2.45) is 0 Å². The Hall–Kier alpha value is -2.81. The molecule has 188 valence electrons. The predicted octanol–water partition coefficient (Wildman–Crippen LogP) is 2.95. The van der Waals surface area contributed by atoms with E-state index < -0.39 is 5.60 Å². The first-order valence-corrected chi connectivity index (χ1v) is 12.2. The largest absolute Gasteiger partial charge is 0.490 e. The molecule has 2 fully saturated rings. The molecule has 1 atom stereocenters. The molecule has 2 aromatic rings. The fourth-order valence-electron chi connectivity index (χ4n) is 4.32. The van der Waals surface area contributed by atoms with Crippen LogP contribution >= 0.6 is 11.6 Å². The van der Waals surface area contributed by atoms with Crippen molar-refractivity contribution in [2.45, 2.75) is 12.0 Å². The minimum absolute atomic E-state index is 0.0346. The van der Waals surface area contributed by atoms with Gasteiger partial charge in [-0.3, -0.25) is 9.59 Å². The van der Waals surface area contributed by atoms with Crippen molar-refractivity contribution in [2.75, 3.05) is 71.6 Å². The first kappa shape index (κ1) is 25.3. The Labute approximate surface area is 211 Å². The van der Waals surface area contributed by atoms with E-state index >= 15 is 0 Å². The molecule has 2 aliphatic rings. The van der Waals surface area contributed by atoms with E-state index in [2.05, 4.69) is 0 Å². The molecule has 2 aromatic carbocycles. The molecule has 2 heterocycles. The van der Waals surface area contributed by atoms with E-state index in [0.717, 1.165) is 5.69 Å². The number of amides is 2. The monoisotopic (exact) mass is 501 g/mol. The third-order valence-corrected chi connectivity index (χ3v) is 6.54. The Bertz CT molecular complexity index is 1030. The van der Waals surface area contributed by atoms with Crippen LogP contribution in [0.4, 0.5) is 5.69 Å². The smallest absolute Gasteiger partial charge is 0.254 e. The van der Waals surface area contributed by atoms with Gasteiger partial charge in [0.1, 0.15) is 18.0 Å². The second-order valence-corrected chi connectivity index (χ2v) is 9.55. The van der Waals surface area contributed by atoms with Gasteiger partial charge in [0.25, 0.3) is 5.91 Å². The van der Waals surface area contributed by atoms with Crippen LogP contribution < -0.4 is 9.64 Å². The Morgan fingerprint density at radius 3 is 2.43 bits per heavy atom. The topological polar surface area (TPSA) is 71.6 Å². The summed E-state index contributed by atoms with van der Waals surface area (Å²) >= 11 is 6.11. The van der Waals surface area contributed by atoms with E-state index in [0.29, 0.717) is 55.8 Å². The molecule has 0 saturated carbocycles. The van der Waals surface area contributed by atoms with Crippen LogP contribution in [0.3, 0.4) is 0 Å². The fourth-order valence-corrected chi connectivity index (χ4v) is 4.50. The maximum Gasteiger partial charge on any atom is 0.254 e. The van der Waals surface area contributed by atoms with Gasteiger partial charge in [-0.25, -0.2) is 0 Å². The Morgan fingerprint density at radius 2 is 1.74 bits per heavy atom. The summed E-state index contributed by atoms with van der Waals surface area (Å²) in [6.07, 6.45) is 0.108. The molecule has 0 unspecified atom stereocenters. The molecule has 0 spiro atoms. The first-order chi connectivity index (χ1) is 16.8. The van der Waals surface area contributed by atoms with Crippen LogP contribution in [0.5, 0.6) is 5.75 Å². The standard InChI is InChI=1S/C26H32ClN3O5/c1-28(2)22-8-6-20(7-9-22)25(32)30-12-15-35-26(18-30,17-24(31)29-10-13-33-14-11-29)19-34-23-5-3-4-21(27)16-23/h3-9,16H,10-15,17-19H2,1-2H3/t26-/m1/s1. The molecule has 0 radical (unpaired) electrons. The van der Waals surface area contributed by atoms with Crippen LogP contribution in [-0.4, -0.2) is 93.9 Å². The highest BCUT2D eigenvalue weighted by Gasteiger charge is 2.42. The van der Waals surface area contributed by atoms with Crippen LogP contribution in [0.2, 0.25) is 5.02 Å². The minimum atomic E-state index is -0.977. The maximum absolute atomic E-state index is 13.4. The zero-order chi connectivity index (χ0) is 24.8. The van der Waals surface area contributed by atoms with Crippen LogP contribution in [0.1, 0.15) is 16.8 Å². The molecule has 2 saturated heterocycles. The molecule has 4 rings (SSSR count). The average Bonchev–Trinajstić information content (AvgIpc) is 2.88. The molecule has 9 heteroatoms. The number of ether oxygens (including phenoxy) is 3. The number of hydrogen-bond donors (Lipinski definition) is 0. The lowest BCUT2D eigenvalue weighted by Crippen LogP contribution is -2.58. The highest BCUT2D eigenvalue weighted by Crippen LogP contribution is 2.28. The minimum Gasteiger partial charge on any atom is -0.490 e. The number of morpholine rings is 2. The van der Waals surface area contributed by atoms with Gasteiger partial charge in [0.05, 0.1) is 32.8 Å². The van der Waals surface area contributed by atoms with E-state index in [9.17, 15) is 9.59 Å². The summed E-state index contributed by atoms with van der Waals surface area (Å²) < 4.78 is 17.6. The van der Waals surface area contributed by atoms with Gasteiger partial charge in [-0.15, -0.1) is 0 Å². The molecule has 2 amide bonds. The maximum atomic E-state index is 13.4. The van der Waals surface area contributed by atoms with E-state index in [1.807, 2.05) is 43.3 Å². The lowest BCUT2D eigenvalue weighted by atomic mass is 9.96. The van der Waals surface area contributed by atoms with Crippen molar-refractivity contribution in [3.63, 3.8) is 0 Å². The zero-order valence-corrected chi connectivity index (χ0v) is 21.0. The summed E-state index contributed by atoms with van der Waals surface area (Å²) in [4.78, 5) is 32.1. The molecular weight excluding hydrogens is 470 g/mol.